The molecule has 2 rings (SSSR count). The molecule has 4 heteroatoms. The molecule has 0 aliphatic heterocycles. The van der Waals surface area contributed by atoms with E-state index in [0.717, 1.165) is 21.8 Å². The molecule has 2 nitrogen and oxygen atoms in total. The van der Waals surface area contributed by atoms with Crippen molar-refractivity contribution >= 4 is 33.3 Å². The van der Waals surface area contributed by atoms with Crippen LogP contribution in [0.4, 0.5) is 0 Å². The molecule has 0 amide bonds. The van der Waals surface area contributed by atoms with Crippen molar-refractivity contribution in [3.63, 3.8) is 0 Å². The van der Waals surface area contributed by atoms with Gasteiger partial charge in [-0.2, -0.15) is 0 Å². The molecule has 0 saturated carbocycles. The van der Waals surface area contributed by atoms with Gasteiger partial charge in [0.2, 0.25) is 0 Å². The number of nitrogens with zero attached hydrogens (tertiary/aromatic N) is 2. The van der Waals surface area contributed by atoms with Crippen LogP contribution < -0.4 is 3.58 Å². The number of aromatic nitrogens is 1. The minimum atomic E-state index is -2.57. The number of benzene rings is 1. The molecule has 1 aromatic heterocycles. The number of hydrogen-bond donors (Lipinski definition) is 0. The summed E-state index contributed by atoms with van der Waals surface area (Å²) in [5.41, 5.74) is 2.58. The number of unbranched alkanes of at least 4 members (excludes halogenated alkanes) is 3. The van der Waals surface area contributed by atoms with Gasteiger partial charge in [0, 0.05) is 0 Å². The van der Waals surface area contributed by atoms with E-state index in [4.69, 9.17) is 0 Å². The number of rotatable bonds is 10. The number of thiazole rings is 1. The second-order valence-corrected chi connectivity index (χ2v) is 22.3. The third-order valence-corrected chi connectivity index (χ3v) is 22.0. The van der Waals surface area contributed by atoms with Crippen molar-refractivity contribution in [3.8, 4) is 17.9 Å². The Bertz CT molecular complexity index is 860. The second kappa shape index (κ2) is 12.4. The third kappa shape index (κ3) is 7.16. The first-order valence-electron chi connectivity index (χ1n) is 11.1. The Morgan fingerprint density at radius 2 is 1.48 bits per heavy atom. The average molecular weight is 513 g/mol. The van der Waals surface area contributed by atoms with E-state index in [1.165, 1.54) is 55.4 Å². The summed E-state index contributed by atoms with van der Waals surface area (Å²) in [6, 6.07) is 8.91. The van der Waals surface area contributed by atoms with Crippen LogP contribution >= 0.6 is 11.3 Å². The van der Waals surface area contributed by atoms with Crippen LogP contribution in [0.25, 0.3) is 0 Å². The van der Waals surface area contributed by atoms with Crippen molar-refractivity contribution in [1.82, 2.24) is 4.98 Å². The summed E-state index contributed by atoms with van der Waals surface area (Å²) >= 11 is -0.948. The average Bonchev–Trinajstić information content (AvgIpc) is 3.17. The molecule has 0 N–H and O–H groups in total. The quantitative estimate of drug-likeness (QED) is 0.260. The van der Waals surface area contributed by atoms with Crippen molar-refractivity contribution in [2.45, 2.75) is 79.5 Å². The van der Waals surface area contributed by atoms with Crippen molar-refractivity contribution < 1.29 is 0 Å². The molecule has 0 atom stereocenters. The molecule has 154 valence electrons. The molecule has 1 aromatic carbocycles. The van der Waals surface area contributed by atoms with Crippen molar-refractivity contribution in [3.05, 3.63) is 45.4 Å². The molecule has 2 aromatic rings. The fourth-order valence-corrected chi connectivity index (χ4v) is 20.6. The Balaban J connectivity index is 2.50. The summed E-state index contributed by atoms with van der Waals surface area (Å²) in [5, 5.41) is 12.7. The molecule has 0 aliphatic carbocycles. The number of hydrogen-bond acceptors (Lipinski definition) is 3. The van der Waals surface area contributed by atoms with Gasteiger partial charge < -0.3 is 0 Å². The fourth-order valence-electron chi connectivity index (χ4n) is 3.98. The zero-order chi connectivity index (χ0) is 21.1. The van der Waals surface area contributed by atoms with Gasteiger partial charge in [-0.15, -0.1) is 0 Å². The fraction of sp³-hybridized carbons (Fsp3) is 0.520. The Hall–Kier alpha value is -1.30. The Labute approximate surface area is 185 Å². The summed E-state index contributed by atoms with van der Waals surface area (Å²) < 4.78 is 5.72. The Morgan fingerprint density at radius 1 is 0.897 bits per heavy atom. The first-order chi connectivity index (χ1) is 14.1. The van der Waals surface area contributed by atoms with Crippen LogP contribution in [-0.2, 0) is 0 Å². The van der Waals surface area contributed by atoms with Crippen LogP contribution in [-0.4, -0.2) is 23.4 Å². The van der Waals surface area contributed by atoms with Crippen LogP contribution in [0.5, 0.6) is 0 Å². The normalized spacial score (nSPS) is 11.0. The van der Waals surface area contributed by atoms with Crippen LogP contribution in [0, 0.1) is 30.1 Å². The molecule has 0 spiro atoms. The van der Waals surface area contributed by atoms with E-state index in [-0.39, 0.29) is 0 Å². The van der Waals surface area contributed by atoms with Gasteiger partial charge in [0.05, 0.1) is 0 Å². The summed E-state index contributed by atoms with van der Waals surface area (Å²) in [4.78, 5) is 4.45. The van der Waals surface area contributed by atoms with Crippen molar-refractivity contribution in [2.24, 2.45) is 0 Å². The van der Waals surface area contributed by atoms with E-state index in [9.17, 15) is 5.26 Å². The molecule has 29 heavy (non-hydrogen) atoms. The summed E-state index contributed by atoms with van der Waals surface area (Å²) in [6.45, 7) is 8.90. The molecule has 0 bridgehead atoms. The van der Waals surface area contributed by atoms with Gasteiger partial charge in [-0.3, -0.25) is 0 Å². The van der Waals surface area contributed by atoms with Crippen molar-refractivity contribution in [2.75, 3.05) is 0 Å². The maximum absolute atomic E-state index is 9.68. The van der Waals surface area contributed by atoms with E-state index in [0.29, 0.717) is 0 Å². The summed E-state index contributed by atoms with van der Waals surface area (Å²) in [7, 11) is 0. The second-order valence-electron chi connectivity index (χ2n) is 8.00. The summed E-state index contributed by atoms with van der Waals surface area (Å²) in [6.07, 6.45) is 7.72. The molecule has 1 heterocycles. The number of aryl methyl sites for hydroxylation is 1. The maximum atomic E-state index is 9.68. The molecular formula is C25H34N2SSn. The molecular weight excluding hydrogens is 479 g/mol. The predicted molar refractivity (Wildman–Crippen MR) is 129 cm³/mol. The monoisotopic (exact) mass is 514 g/mol. The Kier molecular flexibility index (Phi) is 10.3. The van der Waals surface area contributed by atoms with E-state index in [1.807, 2.05) is 18.4 Å². The van der Waals surface area contributed by atoms with Gasteiger partial charge in [-0.1, -0.05) is 0 Å². The van der Waals surface area contributed by atoms with Gasteiger partial charge in [0.15, 0.2) is 0 Å². The van der Waals surface area contributed by atoms with Crippen LogP contribution in [0.1, 0.15) is 81.1 Å². The van der Waals surface area contributed by atoms with Crippen LogP contribution in [0.15, 0.2) is 23.6 Å². The van der Waals surface area contributed by atoms with Crippen LogP contribution in [0.3, 0.4) is 0 Å². The van der Waals surface area contributed by atoms with E-state index >= 15 is 0 Å². The molecule has 0 fully saturated rings. The minimum absolute atomic E-state index is 0.770. The van der Waals surface area contributed by atoms with Gasteiger partial charge in [-0.05, 0) is 0 Å². The zero-order valence-electron chi connectivity index (χ0n) is 18.5. The van der Waals surface area contributed by atoms with Gasteiger partial charge in [0.25, 0.3) is 0 Å². The van der Waals surface area contributed by atoms with Gasteiger partial charge in [-0.25, -0.2) is 0 Å². The molecule has 0 saturated heterocycles. The standard InChI is InChI=1S/C13H7N2S.3C4H9.Sn/c1-10-15-13(9-16-10)6-5-11-3-2-4-12(7-11)8-14;3*1-3-4-2;/h3-4,7,9H,1H3;3*1,3-4H2,2H3;. The van der Waals surface area contributed by atoms with Crippen LogP contribution in [0.2, 0.25) is 13.3 Å². The van der Waals surface area contributed by atoms with E-state index < -0.39 is 18.4 Å². The topological polar surface area (TPSA) is 36.7 Å². The number of nitriles is 1. The first-order valence-corrected chi connectivity index (χ1v) is 19.4. The molecule has 0 radical (unpaired) electrons. The first kappa shape index (κ1) is 24.0. The third-order valence-electron chi connectivity index (χ3n) is 5.66. The predicted octanol–water partition coefficient (Wildman–Crippen LogP) is 6.78. The molecule has 0 aliphatic rings. The molecule has 0 unspecified atom stereocenters. The summed E-state index contributed by atoms with van der Waals surface area (Å²) in [5.74, 6) is 6.51. The van der Waals surface area contributed by atoms with Gasteiger partial charge >= 0.3 is 186 Å². The van der Waals surface area contributed by atoms with E-state index in [1.54, 1.807) is 11.3 Å². The van der Waals surface area contributed by atoms with Crippen molar-refractivity contribution in [1.29, 1.82) is 5.26 Å². The Morgan fingerprint density at radius 3 is 1.97 bits per heavy atom. The van der Waals surface area contributed by atoms with Gasteiger partial charge in [0.1, 0.15) is 0 Å². The van der Waals surface area contributed by atoms with E-state index in [2.05, 4.69) is 55.8 Å². The zero-order valence-corrected chi connectivity index (χ0v) is 22.1. The SMILES string of the molecule is CCC[CH2][Sn]([CH2]CCC)([CH2]CCC)[c]1cc(C#N)cc(C#Cc2csc(C)n2)c1.